The maximum atomic E-state index is 13.1. The highest BCUT2D eigenvalue weighted by atomic mass is 16.7. The lowest BCUT2D eigenvalue weighted by atomic mass is 9.76. The van der Waals surface area contributed by atoms with Crippen molar-refractivity contribution in [1.29, 1.82) is 0 Å². The van der Waals surface area contributed by atoms with Crippen molar-refractivity contribution in [1.82, 2.24) is 14.9 Å². The lowest BCUT2D eigenvalue weighted by molar-refractivity contribution is -0.204. The molecule has 2 atom stereocenters. The van der Waals surface area contributed by atoms with Gasteiger partial charge in [-0.25, -0.2) is 5.06 Å². The normalized spacial score (nSPS) is 30.3. The molecule has 5 nitrogen and oxygen atoms in total. The van der Waals surface area contributed by atoms with E-state index in [2.05, 4.69) is 22.9 Å². The molecule has 0 unspecified atom stereocenters. The van der Waals surface area contributed by atoms with E-state index < -0.39 is 0 Å². The van der Waals surface area contributed by atoms with Crippen LogP contribution in [0, 0.1) is 18.3 Å². The fraction of sp³-hybridized carbons (Fsp3) is 0.700. The van der Waals surface area contributed by atoms with Crippen LogP contribution in [0.1, 0.15) is 49.8 Å². The van der Waals surface area contributed by atoms with E-state index >= 15 is 0 Å². The quantitative estimate of drug-likeness (QED) is 0.846. The van der Waals surface area contributed by atoms with Gasteiger partial charge in [-0.1, -0.05) is 12.5 Å². The number of hydroxylamine groups is 2. The van der Waals surface area contributed by atoms with Crippen molar-refractivity contribution in [3.05, 3.63) is 29.6 Å². The molecule has 1 aromatic heterocycles. The number of pyridine rings is 1. The Balaban J connectivity index is 1.44. The minimum Gasteiger partial charge on any atom is -0.297 e. The smallest absolute Gasteiger partial charge is 0.249 e. The average Bonchev–Trinajstić information content (AvgIpc) is 3.24. The molecule has 1 amide bonds. The Hall–Kier alpha value is -1.46. The molecule has 2 saturated heterocycles. The molecule has 25 heavy (non-hydrogen) atoms. The number of likely N-dealkylation sites (tertiary alicyclic amines) is 1. The van der Waals surface area contributed by atoms with Gasteiger partial charge >= 0.3 is 0 Å². The van der Waals surface area contributed by atoms with Crippen LogP contribution in [0.5, 0.6) is 0 Å². The zero-order chi connectivity index (χ0) is 17.3. The number of hydrogen-bond donors (Lipinski definition) is 0. The summed E-state index contributed by atoms with van der Waals surface area (Å²) < 4.78 is 0. The number of aryl methyl sites for hydroxylation is 1. The van der Waals surface area contributed by atoms with E-state index in [1.807, 2.05) is 12.3 Å². The van der Waals surface area contributed by atoms with E-state index in [9.17, 15) is 4.79 Å². The van der Waals surface area contributed by atoms with E-state index in [-0.39, 0.29) is 17.2 Å². The first-order chi connectivity index (χ1) is 12.2. The third-order valence-corrected chi connectivity index (χ3v) is 6.41. The Kier molecular flexibility index (Phi) is 4.78. The van der Waals surface area contributed by atoms with Crippen molar-refractivity contribution in [3.8, 4) is 0 Å². The number of nitrogens with zero attached hydrogens (tertiary/aromatic N) is 3. The summed E-state index contributed by atoms with van der Waals surface area (Å²) in [7, 11) is 0. The Bertz CT molecular complexity index is 629. The van der Waals surface area contributed by atoms with Gasteiger partial charge in [-0.05, 0) is 62.6 Å². The van der Waals surface area contributed by atoms with Gasteiger partial charge in [0, 0.05) is 31.7 Å². The fourth-order valence-electron chi connectivity index (χ4n) is 4.97. The Labute approximate surface area is 150 Å². The topological polar surface area (TPSA) is 45.7 Å². The van der Waals surface area contributed by atoms with Crippen molar-refractivity contribution in [2.75, 3.05) is 26.2 Å². The van der Waals surface area contributed by atoms with Gasteiger partial charge in [-0.2, -0.15) is 0 Å². The van der Waals surface area contributed by atoms with E-state index in [1.54, 1.807) is 5.06 Å². The lowest BCUT2D eigenvalue weighted by Gasteiger charge is -2.35. The minimum absolute atomic E-state index is 0.139. The van der Waals surface area contributed by atoms with Crippen LogP contribution in [0.25, 0.3) is 0 Å². The molecular weight excluding hydrogens is 314 g/mol. The lowest BCUT2D eigenvalue weighted by Crippen LogP contribution is -2.45. The molecule has 1 aromatic rings. The van der Waals surface area contributed by atoms with Gasteiger partial charge in [0.1, 0.15) is 0 Å². The van der Waals surface area contributed by atoms with Gasteiger partial charge in [0.2, 0.25) is 5.91 Å². The predicted octanol–water partition coefficient (Wildman–Crippen LogP) is 2.94. The minimum atomic E-state index is 0.139. The zero-order valence-corrected chi connectivity index (χ0v) is 15.2. The zero-order valence-electron chi connectivity index (χ0n) is 15.2. The first-order valence-electron chi connectivity index (χ1n) is 9.75. The maximum absolute atomic E-state index is 13.1. The Morgan fingerprint density at radius 3 is 3.04 bits per heavy atom. The molecule has 3 fully saturated rings. The van der Waals surface area contributed by atoms with Crippen LogP contribution in [-0.4, -0.2) is 47.1 Å². The number of hydrogen-bond acceptors (Lipinski definition) is 4. The molecule has 1 saturated carbocycles. The van der Waals surface area contributed by atoms with E-state index in [4.69, 9.17) is 4.84 Å². The third kappa shape index (κ3) is 3.32. The Morgan fingerprint density at radius 1 is 1.32 bits per heavy atom. The van der Waals surface area contributed by atoms with Gasteiger partial charge in [0.15, 0.2) is 0 Å². The van der Waals surface area contributed by atoms with Gasteiger partial charge < -0.3 is 0 Å². The largest absolute Gasteiger partial charge is 0.297 e. The van der Waals surface area contributed by atoms with E-state index in [0.717, 1.165) is 51.9 Å². The first-order valence-corrected chi connectivity index (χ1v) is 9.75. The second-order valence-electron chi connectivity index (χ2n) is 8.02. The highest BCUT2D eigenvalue weighted by molar-refractivity contribution is 5.79. The summed E-state index contributed by atoms with van der Waals surface area (Å²) in [5.74, 6) is 0.383. The summed E-state index contributed by atoms with van der Waals surface area (Å²) in [6, 6.07) is 4.12. The number of rotatable bonds is 3. The van der Waals surface area contributed by atoms with Crippen LogP contribution in [0.3, 0.4) is 0 Å². The number of aromatic nitrogens is 1. The fourth-order valence-corrected chi connectivity index (χ4v) is 4.97. The van der Waals surface area contributed by atoms with Gasteiger partial charge in [-0.3, -0.25) is 19.5 Å². The summed E-state index contributed by atoms with van der Waals surface area (Å²) >= 11 is 0. The maximum Gasteiger partial charge on any atom is 0.249 e. The van der Waals surface area contributed by atoms with Crippen LogP contribution in [-0.2, 0) is 16.2 Å². The molecule has 1 spiro atoms. The second kappa shape index (κ2) is 7.04. The number of carbonyl (C=O) groups excluding carboxylic acids is 1. The molecule has 136 valence electrons. The second-order valence-corrected chi connectivity index (χ2v) is 8.02. The molecule has 0 bridgehead atoms. The highest BCUT2D eigenvalue weighted by Crippen LogP contribution is 2.50. The van der Waals surface area contributed by atoms with Crippen LogP contribution in [0.2, 0.25) is 0 Å². The summed E-state index contributed by atoms with van der Waals surface area (Å²) in [4.78, 5) is 25.7. The molecule has 0 radical (unpaired) electrons. The summed E-state index contributed by atoms with van der Waals surface area (Å²) in [6.45, 7) is 6.58. The van der Waals surface area contributed by atoms with Crippen molar-refractivity contribution in [2.45, 2.75) is 52.0 Å². The predicted molar refractivity (Wildman–Crippen MR) is 95.5 cm³/mol. The molecule has 3 aliphatic rings. The van der Waals surface area contributed by atoms with E-state index in [0.29, 0.717) is 6.61 Å². The van der Waals surface area contributed by atoms with Crippen LogP contribution in [0.15, 0.2) is 18.3 Å². The van der Waals surface area contributed by atoms with Crippen molar-refractivity contribution >= 4 is 5.91 Å². The van der Waals surface area contributed by atoms with Gasteiger partial charge in [0.05, 0.1) is 12.3 Å². The third-order valence-electron chi connectivity index (χ3n) is 6.41. The molecule has 3 heterocycles. The van der Waals surface area contributed by atoms with E-state index in [1.165, 1.54) is 24.1 Å². The van der Waals surface area contributed by atoms with Gasteiger partial charge in [-0.15, -0.1) is 0 Å². The SMILES string of the molecule is Cc1cccnc1CN1CC[C@@]2(CCC[C@H]2C(=O)N2CCCCO2)C1. The van der Waals surface area contributed by atoms with Crippen molar-refractivity contribution < 1.29 is 9.63 Å². The summed E-state index contributed by atoms with van der Waals surface area (Å²) in [5.41, 5.74) is 2.57. The molecular formula is C20H29N3O2. The summed E-state index contributed by atoms with van der Waals surface area (Å²) in [6.07, 6.45) is 8.50. The summed E-state index contributed by atoms with van der Waals surface area (Å²) in [5, 5.41) is 1.67. The molecule has 1 aliphatic carbocycles. The monoisotopic (exact) mass is 343 g/mol. The standard InChI is InChI=1S/C20H29N3O2/c1-16-6-5-10-21-18(16)14-22-12-9-20(15-22)8-4-7-17(20)19(24)23-11-2-3-13-25-23/h5-6,10,17H,2-4,7-9,11-15H2,1H3/t17-,20-/m0/s1. The number of carbonyl (C=O) groups is 1. The molecule has 5 heteroatoms. The highest BCUT2D eigenvalue weighted by Gasteiger charge is 2.51. The van der Waals surface area contributed by atoms with Crippen LogP contribution < -0.4 is 0 Å². The molecule has 0 N–H and O–H groups in total. The first kappa shape index (κ1) is 17.0. The van der Waals surface area contributed by atoms with Crippen LogP contribution in [0.4, 0.5) is 0 Å². The average molecular weight is 343 g/mol. The number of amides is 1. The van der Waals surface area contributed by atoms with Gasteiger partial charge in [0.25, 0.3) is 0 Å². The molecule has 4 rings (SSSR count). The molecule has 2 aliphatic heterocycles. The Morgan fingerprint density at radius 2 is 2.24 bits per heavy atom. The van der Waals surface area contributed by atoms with Crippen molar-refractivity contribution in [3.63, 3.8) is 0 Å². The van der Waals surface area contributed by atoms with Crippen LogP contribution >= 0.6 is 0 Å². The molecule has 0 aromatic carbocycles. The van der Waals surface area contributed by atoms with Crippen molar-refractivity contribution in [2.24, 2.45) is 11.3 Å².